The lowest BCUT2D eigenvalue weighted by Crippen LogP contribution is -2.15. The number of thiocarbonyl (C=S) groups is 1. The summed E-state index contributed by atoms with van der Waals surface area (Å²) in [6, 6.07) is 4.13. The van der Waals surface area contributed by atoms with E-state index in [-0.39, 0.29) is 16.4 Å². The van der Waals surface area contributed by atoms with Crippen LogP contribution in [0, 0.1) is 5.82 Å². The van der Waals surface area contributed by atoms with Crippen molar-refractivity contribution >= 4 is 28.8 Å². The van der Waals surface area contributed by atoms with E-state index in [4.69, 9.17) is 18.0 Å². The third-order valence-electron chi connectivity index (χ3n) is 2.44. The number of carbonyl (C=O) groups is 1. The van der Waals surface area contributed by atoms with Gasteiger partial charge in [-0.3, -0.25) is 4.79 Å². The van der Waals surface area contributed by atoms with Crippen LogP contribution in [0.15, 0.2) is 30.7 Å². The van der Waals surface area contributed by atoms with E-state index in [1.807, 2.05) is 0 Å². The second-order valence-corrected chi connectivity index (χ2v) is 4.38. The van der Waals surface area contributed by atoms with Gasteiger partial charge in [0.15, 0.2) is 0 Å². The van der Waals surface area contributed by atoms with Gasteiger partial charge in [-0.2, -0.15) is 0 Å². The van der Waals surface area contributed by atoms with Crippen molar-refractivity contribution < 1.29 is 9.18 Å². The van der Waals surface area contributed by atoms with E-state index in [2.05, 4.69) is 10.3 Å². The van der Waals surface area contributed by atoms with Crippen molar-refractivity contribution in [3.05, 3.63) is 47.8 Å². The molecule has 0 saturated heterocycles. The van der Waals surface area contributed by atoms with Crippen LogP contribution < -0.4 is 11.1 Å². The summed E-state index contributed by atoms with van der Waals surface area (Å²) in [7, 11) is 1.74. The monoisotopic (exact) mass is 278 g/mol. The molecule has 0 aliphatic rings. The summed E-state index contributed by atoms with van der Waals surface area (Å²) in [6.45, 7) is 0. The summed E-state index contributed by atoms with van der Waals surface area (Å²) in [6.07, 6.45) is 3.03. The molecule has 0 aliphatic heterocycles. The summed E-state index contributed by atoms with van der Waals surface area (Å²) < 4.78 is 15.4. The largest absolute Gasteiger partial charge is 0.389 e. The number of rotatable bonds is 3. The second-order valence-electron chi connectivity index (χ2n) is 3.94. The fraction of sp³-hybridized carbons (Fsp3) is 0.0833. The van der Waals surface area contributed by atoms with E-state index in [0.717, 1.165) is 0 Å². The molecule has 98 valence electrons. The topological polar surface area (TPSA) is 72.9 Å². The lowest BCUT2D eigenvalue weighted by molar-refractivity contribution is 0.102. The number of hydrogen-bond acceptors (Lipinski definition) is 3. The molecule has 2 rings (SSSR count). The number of aryl methyl sites for hydroxylation is 1. The maximum atomic E-state index is 13.7. The summed E-state index contributed by atoms with van der Waals surface area (Å²) in [5, 5.41) is 2.43. The number of hydrogen-bond donors (Lipinski definition) is 2. The summed E-state index contributed by atoms with van der Waals surface area (Å²) in [5.41, 5.74) is 6.06. The Hall–Kier alpha value is -2.28. The van der Waals surface area contributed by atoms with Gasteiger partial charge in [-0.05, 0) is 18.2 Å². The van der Waals surface area contributed by atoms with Crippen molar-refractivity contribution in [3.8, 4) is 0 Å². The van der Waals surface area contributed by atoms with Gasteiger partial charge in [0.1, 0.15) is 16.5 Å². The number of nitrogens with two attached hydrogens (primary N) is 1. The predicted molar refractivity (Wildman–Crippen MR) is 73.4 cm³/mol. The molecule has 7 heteroatoms. The molecule has 0 spiro atoms. The predicted octanol–water partition coefficient (Wildman–Crippen LogP) is 1.45. The van der Waals surface area contributed by atoms with E-state index in [9.17, 15) is 9.18 Å². The van der Waals surface area contributed by atoms with Crippen LogP contribution in [0.2, 0.25) is 0 Å². The van der Waals surface area contributed by atoms with Gasteiger partial charge in [0.2, 0.25) is 0 Å². The van der Waals surface area contributed by atoms with Crippen molar-refractivity contribution in [2.24, 2.45) is 12.8 Å². The average Bonchev–Trinajstić information content (AvgIpc) is 2.78. The molecule has 1 aromatic carbocycles. The zero-order chi connectivity index (χ0) is 14.0. The molecule has 19 heavy (non-hydrogen) atoms. The maximum Gasteiger partial charge on any atom is 0.275 e. The van der Waals surface area contributed by atoms with E-state index in [1.54, 1.807) is 17.7 Å². The van der Waals surface area contributed by atoms with Crippen molar-refractivity contribution in [2.45, 2.75) is 0 Å². The highest BCUT2D eigenvalue weighted by Crippen LogP contribution is 2.16. The molecule has 1 amide bonds. The molecule has 1 aromatic heterocycles. The second kappa shape index (κ2) is 5.15. The van der Waals surface area contributed by atoms with Crippen molar-refractivity contribution in [2.75, 3.05) is 5.32 Å². The van der Waals surface area contributed by atoms with Crippen LogP contribution in [-0.2, 0) is 7.05 Å². The average molecular weight is 278 g/mol. The van der Waals surface area contributed by atoms with E-state index >= 15 is 0 Å². The van der Waals surface area contributed by atoms with E-state index in [1.165, 1.54) is 24.7 Å². The smallest absolute Gasteiger partial charge is 0.275 e. The Bertz CT molecular complexity index is 653. The molecule has 0 saturated carbocycles. The van der Waals surface area contributed by atoms with Crippen LogP contribution in [0.3, 0.4) is 0 Å². The molecule has 0 aliphatic carbocycles. The number of aromatic nitrogens is 2. The summed E-state index contributed by atoms with van der Waals surface area (Å²) >= 11 is 4.74. The first-order valence-corrected chi connectivity index (χ1v) is 5.77. The zero-order valence-corrected chi connectivity index (χ0v) is 10.9. The molecule has 0 radical (unpaired) electrons. The Morgan fingerprint density at radius 1 is 1.53 bits per heavy atom. The molecule has 0 unspecified atom stereocenters. The SMILES string of the molecule is Cn1cnc(C(=O)Nc2ccc(C(N)=S)cc2F)c1. The van der Waals surface area contributed by atoms with Crippen molar-refractivity contribution in [1.29, 1.82) is 0 Å². The normalized spacial score (nSPS) is 10.2. The number of anilines is 1. The first kappa shape index (κ1) is 13.2. The van der Waals surface area contributed by atoms with Crippen LogP contribution in [0.5, 0.6) is 0 Å². The van der Waals surface area contributed by atoms with Gasteiger partial charge >= 0.3 is 0 Å². The van der Waals surface area contributed by atoms with Crippen LogP contribution in [0.4, 0.5) is 10.1 Å². The summed E-state index contributed by atoms with van der Waals surface area (Å²) in [5.74, 6) is -1.09. The lowest BCUT2D eigenvalue weighted by atomic mass is 10.2. The molecular weight excluding hydrogens is 267 g/mol. The van der Waals surface area contributed by atoms with Crippen LogP contribution in [0.25, 0.3) is 0 Å². The van der Waals surface area contributed by atoms with Gasteiger partial charge in [-0.1, -0.05) is 12.2 Å². The summed E-state index contributed by atoms with van der Waals surface area (Å²) in [4.78, 5) is 15.8. The third-order valence-corrected chi connectivity index (χ3v) is 2.68. The Labute approximate surface area is 114 Å². The molecule has 5 nitrogen and oxygen atoms in total. The highest BCUT2D eigenvalue weighted by molar-refractivity contribution is 7.80. The van der Waals surface area contributed by atoms with Gasteiger partial charge in [-0.15, -0.1) is 0 Å². The number of halogens is 1. The molecule has 2 aromatic rings. The van der Waals surface area contributed by atoms with Crippen LogP contribution in [0.1, 0.15) is 16.1 Å². The van der Waals surface area contributed by atoms with E-state index in [0.29, 0.717) is 5.56 Å². The number of carbonyl (C=O) groups excluding carboxylic acids is 1. The molecule has 3 N–H and O–H groups in total. The number of imidazole rings is 1. The molecular formula is C12H11FN4OS. The number of nitrogens with zero attached hydrogens (tertiary/aromatic N) is 2. The van der Waals surface area contributed by atoms with Gasteiger partial charge in [0, 0.05) is 18.8 Å². The fourth-order valence-electron chi connectivity index (χ4n) is 1.49. The minimum atomic E-state index is -0.602. The van der Waals surface area contributed by atoms with Crippen molar-refractivity contribution in [3.63, 3.8) is 0 Å². The number of benzene rings is 1. The highest BCUT2D eigenvalue weighted by atomic mass is 32.1. The minimum Gasteiger partial charge on any atom is -0.389 e. The Morgan fingerprint density at radius 2 is 2.26 bits per heavy atom. The Morgan fingerprint density at radius 3 is 2.79 bits per heavy atom. The van der Waals surface area contributed by atoms with Crippen LogP contribution >= 0.6 is 12.2 Å². The first-order chi connectivity index (χ1) is 8.97. The fourth-order valence-corrected chi connectivity index (χ4v) is 1.61. The lowest BCUT2D eigenvalue weighted by Gasteiger charge is -2.06. The van der Waals surface area contributed by atoms with Crippen LogP contribution in [-0.4, -0.2) is 20.4 Å². The Balaban J connectivity index is 2.20. The van der Waals surface area contributed by atoms with E-state index < -0.39 is 11.7 Å². The molecule has 0 bridgehead atoms. The standard InChI is InChI=1S/C12H11FN4OS/c1-17-5-10(15-6-17)12(18)16-9-3-2-7(11(14)19)4-8(9)13/h2-6H,1H3,(H2,14,19)(H,16,18). The minimum absolute atomic E-state index is 0.0515. The number of nitrogens with one attached hydrogen (secondary N) is 1. The van der Waals surface area contributed by atoms with Gasteiger partial charge in [0.25, 0.3) is 5.91 Å². The van der Waals surface area contributed by atoms with Gasteiger partial charge in [0.05, 0.1) is 12.0 Å². The first-order valence-electron chi connectivity index (χ1n) is 5.36. The van der Waals surface area contributed by atoms with Crippen molar-refractivity contribution in [1.82, 2.24) is 9.55 Å². The highest BCUT2D eigenvalue weighted by Gasteiger charge is 2.12. The molecule has 1 heterocycles. The number of amides is 1. The van der Waals surface area contributed by atoms with Gasteiger partial charge in [-0.25, -0.2) is 9.37 Å². The van der Waals surface area contributed by atoms with Gasteiger partial charge < -0.3 is 15.6 Å². The quantitative estimate of drug-likeness (QED) is 0.833. The zero-order valence-electron chi connectivity index (χ0n) is 10.1. The molecule has 0 fully saturated rings. The Kier molecular flexibility index (Phi) is 3.57. The molecule has 0 atom stereocenters. The third kappa shape index (κ3) is 2.94. The maximum absolute atomic E-state index is 13.7.